The minimum Gasteiger partial charge on any atom is -0.396 e. The first-order chi connectivity index (χ1) is 13.5. The summed E-state index contributed by atoms with van der Waals surface area (Å²) in [6.45, 7) is 5.14. The number of nitrogens with one attached hydrogen (secondary N) is 1. The van der Waals surface area contributed by atoms with Gasteiger partial charge >= 0.3 is 0 Å². The van der Waals surface area contributed by atoms with E-state index in [1.54, 1.807) is 0 Å². The van der Waals surface area contributed by atoms with Crippen LogP contribution in [0.1, 0.15) is 60.3 Å². The topological polar surface area (TPSA) is 86.9 Å². The average Bonchev–Trinajstić information content (AvgIpc) is 3.03. The van der Waals surface area contributed by atoms with Crippen molar-refractivity contribution in [1.82, 2.24) is 19.6 Å². The molecule has 0 bridgehead atoms. The number of imidazole rings is 1. The van der Waals surface area contributed by atoms with Gasteiger partial charge in [0.2, 0.25) is 5.91 Å². The Labute approximate surface area is 165 Å². The highest BCUT2D eigenvalue weighted by Gasteiger charge is 2.25. The van der Waals surface area contributed by atoms with E-state index >= 15 is 0 Å². The van der Waals surface area contributed by atoms with Gasteiger partial charge in [0.25, 0.3) is 5.91 Å². The zero-order chi connectivity index (χ0) is 20.1. The Morgan fingerprint density at radius 3 is 2.93 bits per heavy atom. The molecular formula is C21H30N4O3. The number of carbonyl (C=O) groups excluding carboxylic acids is 2. The van der Waals surface area contributed by atoms with E-state index in [-0.39, 0.29) is 24.5 Å². The second-order valence-electron chi connectivity index (χ2n) is 7.54. The van der Waals surface area contributed by atoms with Crippen LogP contribution in [0.4, 0.5) is 0 Å². The normalized spacial score (nSPS) is 17.1. The molecule has 1 fully saturated rings. The summed E-state index contributed by atoms with van der Waals surface area (Å²) in [6.07, 6.45) is 6.61. The SMILES string of the molecule is Cc1nc2c(C)cccn2c1C(=O)NCCCC(=O)N1CCCCC1CCO. The number of nitrogens with zero attached hydrogens (tertiary/aromatic N) is 3. The van der Waals surface area contributed by atoms with Crippen LogP contribution in [-0.4, -0.2) is 56.9 Å². The molecule has 2 amide bonds. The first-order valence-corrected chi connectivity index (χ1v) is 10.2. The van der Waals surface area contributed by atoms with Gasteiger partial charge in [0.05, 0.1) is 5.69 Å². The Morgan fingerprint density at radius 2 is 2.14 bits per heavy atom. The van der Waals surface area contributed by atoms with Gasteiger partial charge in [0, 0.05) is 38.4 Å². The quantitative estimate of drug-likeness (QED) is 0.715. The molecule has 0 aromatic carbocycles. The van der Waals surface area contributed by atoms with Gasteiger partial charge in [0.1, 0.15) is 11.3 Å². The summed E-state index contributed by atoms with van der Waals surface area (Å²) in [6, 6.07) is 4.03. The van der Waals surface area contributed by atoms with E-state index in [1.807, 2.05) is 41.5 Å². The molecule has 1 saturated heterocycles. The molecule has 1 unspecified atom stereocenters. The molecular weight excluding hydrogens is 356 g/mol. The van der Waals surface area contributed by atoms with Crippen LogP contribution >= 0.6 is 0 Å². The molecule has 0 radical (unpaired) electrons. The van der Waals surface area contributed by atoms with Gasteiger partial charge in [-0.05, 0) is 57.6 Å². The molecule has 2 aromatic rings. The van der Waals surface area contributed by atoms with E-state index in [2.05, 4.69) is 10.3 Å². The summed E-state index contributed by atoms with van der Waals surface area (Å²) >= 11 is 0. The van der Waals surface area contributed by atoms with Crippen LogP contribution in [0.15, 0.2) is 18.3 Å². The van der Waals surface area contributed by atoms with Gasteiger partial charge in [-0.1, -0.05) is 6.07 Å². The van der Waals surface area contributed by atoms with E-state index in [0.29, 0.717) is 37.2 Å². The number of rotatable bonds is 7. The summed E-state index contributed by atoms with van der Waals surface area (Å²) in [5.41, 5.74) is 3.06. The van der Waals surface area contributed by atoms with Gasteiger partial charge in [0.15, 0.2) is 0 Å². The molecule has 0 spiro atoms. The molecule has 2 N–H and O–H groups in total. The van der Waals surface area contributed by atoms with Crippen molar-refractivity contribution in [3.05, 3.63) is 35.3 Å². The lowest BCUT2D eigenvalue weighted by Gasteiger charge is -2.35. The van der Waals surface area contributed by atoms with E-state index in [1.165, 1.54) is 0 Å². The number of hydrogen-bond acceptors (Lipinski definition) is 4. The molecule has 2 aromatic heterocycles. The number of aromatic nitrogens is 2. The Hall–Kier alpha value is -2.41. The summed E-state index contributed by atoms with van der Waals surface area (Å²) in [5, 5.41) is 12.1. The summed E-state index contributed by atoms with van der Waals surface area (Å²) in [7, 11) is 0. The maximum absolute atomic E-state index is 12.6. The summed E-state index contributed by atoms with van der Waals surface area (Å²) in [4.78, 5) is 31.6. The molecule has 3 heterocycles. The fraction of sp³-hybridized carbons (Fsp3) is 0.571. The number of aliphatic hydroxyl groups excluding tert-OH is 1. The number of aliphatic hydroxyl groups is 1. The van der Waals surface area contributed by atoms with Gasteiger partial charge in [-0.2, -0.15) is 0 Å². The molecule has 0 saturated carbocycles. The van der Waals surface area contributed by atoms with Gasteiger partial charge in [-0.3, -0.25) is 14.0 Å². The Bertz CT molecular complexity index is 844. The lowest BCUT2D eigenvalue weighted by molar-refractivity contribution is -0.135. The summed E-state index contributed by atoms with van der Waals surface area (Å²) < 4.78 is 1.82. The van der Waals surface area contributed by atoms with Crippen molar-refractivity contribution >= 4 is 17.5 Å². The number of pyridine rings is 1. The van der Waals surface area contributed by atoms with Crippen LogP contribution in [0.3, 0.4) is 0 Å². The molecule has 0 aliphatic carbocycles. The number of likely N-dealkylation sites (tertiary alicyclic amines) is 1. The Morgan fingerprint density at radius 1 is 1.32 bits per heavy atom. The first kappa shape index (κ1) is 20.3. The Kier molecular flexibility index (Phi) is 6.67. The number of piperidine rings is 1. The van der Waals surface area contributed by atoms with Gasteiger partial charge < -0.3 is 15.3 Å². The molecule has 152 valence electrons. The standard InChI is InChI=1S/C21H30N4O3/c1-15-7-6-13-25-19(16(2)23-20(15)25)21(28)22-11-5-9-18(27)24-12-4-3-8-17(24)10-14-26/h6-7,13,17,26H,3-5,8-12,14H2,1-2H3,(H,22,28). The molecule has 7 heteroatoms. The monoisotopic (exact) mass is 386 g/mol. The van der Waals surface area contributed by atoms with Crippen molar-refractivity contribution in [2.45, 2.75) is 58.4 Å². The van der Waals surface area contributed by atoms with Crippen molar-refractivity contribution in [3.63, 3.8) is 0 Å². The van der Waals surface area contributed by atoms with Crippen LogP contribution < -0.4 is 5.32 Å². The summed E-state index contributed by atoms with van der Waals surface area (Å²) in [5.74, 6) is -0.0480. The van der Waals surface area contributed by atoms with Crippen molar-refractivity contribution in [3.8, 4) is 0 Å². The fourth-order valence-corrected chi connectivity index (χ4v) is 4.04. The van der Waals surface area contributed by atoms with E-state index in [9.17, 15) is 14.7 Å². The maximum atomic E-state index is 12.6. The largest absolute Gasteiger partial charge is 0.396 e. The highest BCUT2D eigenvalue weighted by Crippen LogP contribution is 2.20. The van der Waals surface area contributed by atoms with E-state index in [4.69, 9.17) is 0 Å². The highest BCUT2D eigenvalue weighted by molar-refractivity contribution is 5.94. The first-order valence-electron chi connectivity index (χ1n) is 10.2. The van der Waals surface area contributed by atoms with Crippen LogP contribution in [0, 0.1) is 13.8 Å². The lowest BCUT2D eigenvalue weighted by Crippen LogP contribution is -2.44. The number of hydrogen-bond donors (Lipinski definition) is 2. The van der Waals surface area contributed by atoms with Crippen LogP contribution in [0.2, 0.25) is 0 Å². The molecule has 28 heavy (non-hydrogen) atoms. The Balaban J connectivity index is 1.53. The maximum Gasteiger partial charge on any atom is 0.270 e. The molecule has 7 nitrogen and oxygen atoms in total. The predicted molar refractivity (Wildman–Crippen MR) is 107 cm³/mol. The third kappa shape index (κ3) is 4.35. The molecule has 1 aliphatic heterocycles. The lowest BCUT2D eigenvalue weighted by atomic mass is 9.99. The molecule has 1 aliphatic rings. The fourth-order valence-electron chi connectivity index (χ4n) is 4.04. The van der Waals surface area contributed by atoms with E-state index < -0.39 is 0 Å². The zero-order valence-corrected chi connectivity index (χ0v) is 16.8. The average molecular weight is 386 g/mol. The zero-order valence-electron chi connectivity index (χ0n) is 16.8. The highest BCUT2D eigenvalue weighted by atomic mass is 16.3. The predicted octanol–water partition coefficient (Wildman–Crippen LogP) is 2.22. The van der Waals surface area contributed by atoms with Gasteiger partial charge in [-0.25, -0.2) is 4.98 Å². The number of aryl methyl sites for hydroxylation is 2. The van der Waals surface area contributed by atoms with Crippen LogP contribution in [0.5, 0.6) is 0 Å². The molecule has 3 rings (SSSR count). The van der Waals surface area contributed by atoms with Crippen LogP contribution in [0.25, 0.3) is 5.65 Å². The second-order valence-corrected chi connectivity index (χ2v) is 7.54. The van der Waals surface area contributed by atoms with E-state index in [0.717, 1.165) is 37.0 Å². The smallest absolute Gasteiger partial charge is 0.270 e. The second kappa shape index (κ2) is 9.19. The third-order valence-corrected chi connectivity index (χ3v) is 5.50. The van der Waals surface area contributed by atoms with Crippen molar-refractivity contribution < 1.29 is 14.7 Å². The number of carbonyl (C=O) groups is 2. The minimum atomic E-state index is -0.167. The third-order valence-electron chi connectivity index (χ3n) is 5.50. The van der Waals surface area contributed by atoms with Crippen molar-refractivity contribution in [1.29, 1.82) is 0 Å². The number of amides is 2. The van der Waals surface area contributed by atoms with Crippen molar-refractivity contribution in [2.24, 2.45) is 0 Å². The van der Waals surface area contributed by atoms with Crippen molar-refractivity contribution in [2.75, 3.05) is 19.7 Å². The number of fused-ring (bicyclic) bond motifs is 1. The minimum absolute atomic E-state index is 0.114. The van der Waals surface area contributed by atoms with Crippen LogP contribution in [-0.2, 0) is 4.79 Å². The molecule has 1 atom stereocenters. The van der Waals surface area contributed by atoms with Gasteiger partial charge in [-0.15, -0.1) is 0 Å².